The van der Waals surface area contributed by atoms with Crippen molar-refractivity contribution in [3.8, 4) is 0 Å². The lowest BCUT2D eigenvalue weighted by Gasteiger charge is -2.32. The number of aromatic nitrogens is 1. The third kappa shape index (κ3) is 5.40. The molecule has 3 heterocycles. The molecule has 39 heavy (non-hydrogen) atoms. The van der Waals surface area contributed by atoms with Crippen LogP contribution in [0.25, 0.3) is 11.0 Å². The maximum atomic E-state index is 13.5. The summed E-state index contributed by atoms with van der Waals surface area (Å²) in [6.45, 7) is 0.947. The Balaban J connectivity index is 1.43. The topological polar surface area (TPSA) is 134 Å². The highest BCUT2D eigenvalue weighted by Crippen LogP contribution is 2.36. The standard InChI is InChI=1S/C27H28ClN5O6/c1-32(2)26(36)18-4-3-5-19-21(18)22(23(39-19)25(35)30-20-11-8-16(28)14-29-20)31-24(34)15-6-9-17(10-7-15)33-12-13-38-27(33)37/h3-5,8,11,14-15,17H,6-7,9-10,12-13H2,1-2H3,(H,31,34)(H,29,30,35)/t15-,17-. The number of rotatable bonds is 6. The molecule has 1 aromatic carbocycles. The molecule has 1 saturated heterocycles. The molecule has 0 radical (unpaired) electrons. The second-order valence-electron chi connectivity index (χ2n) is 9.80. The van der Waals surface area contributed by atoms with E-state index in [0.29, 0.717) is 49.2 Å². The maximum Gasteiger partial charge on any atom is 0.410 e. The van der Waals surface area contributed by atoms with E-state index in [0.717, 1.165) is 0 Å². The first-order chi connectivity index (χ1) is 18.7. The lowest BCUT2D eigenvalue weighted by atomic mass is 9.84. The number of halogens is 1. The second kappa shape index (κ2) is 10.9. The van der Waals surface area contributed by atoms with Crippen LogP contribution < -0.4 is 10.6 Å². The van der Waals surface area contributed by atoms with E-state index in [1.165, 1.54) is 17.2 Å². The van der Waals surface area contributed by atoms with Crippen molar-refractivity contribution < 1.29 is 28.3 Å². The molecule has 2 fully saturated rings. The van der Waals surface area contributed by atoms with Gasteiger partial charge in [-0.2, -0.15) is 0 Å². The molecule has 204 valence electrons. The van der Waals surface area contributed by atoms with Crippen molar-refractivity contribution in [3.05, 3.63) is 52.9 Å². The van der Waals surface area contributed by atoms with Crippen LogP contribution in [0, 0.1) is 5.92 Å². The average molecular weight is 554 g/mol. The number of pyridine rings is 1. The van der Waals surface area contributed by atoms with Gasteiger partial charge in [-0.05, 0) is 49.9 Å². The predicted octanol–water partition coefficient (Wildman–Crippen LogP) is 4.38. The first kappa shape index (κ1) is 26.5. The van der Waals surface area contributed by atoms with E-state index < -0.39 is 5.91 Å². The number of carbonyl (C=O) groups excluding carboxylic acids is 4. The van der Waals surface area contributed by atoms with Crippen molar-refractivity contribution in [1.82, 2.24) is 14.8 Å². The number of benzene rings is 1. The summed E-state index contributed by atoms with van der Waals surface area (Å²) in [5.74, 6) is -1.48. The number of fused-ring (bicyclic) bond motifs is 1. The van der Waals surface area contributed by atoms with Gasteiger partial charge in [-0.3, -0.25) is 14.4 Å². The Kier molecular flexibility index (Phi) is 7.42. The molecule has 2 aromatic heterocycles. The molecule has 5 rings (SSSR count). The Morgan fingerprint density at radius 1 is 1.08 bits per heavy atom. The molecule has 1 aliphatic heterocycles. The number of nitrogens with zero attached hydrogens (tertiary/aromatic N) is 3. The third-order valence-electron chi connectivity index (χ3n) is 7.08. The van der Waals surface area contributed by atoms with Crippen LogP contribution in [0.1, 0.15) is 46.6 Å². The number of ether oxygens (including phenoxy) is 1. The van der Waals surface area contributed by atoms with E-state index in [2.05, 4.69) is 15.6 Å². The van der Waals surface area contributed by atoms with Crippen LogP contribution in [0.3, 0.4) is 0 Å². The summed E-state index contributed by atoms with van der Waals surface area (Å²) in [4.78, 5) is 58.9. The minimum atomic E-state index is -0.643. The number of hydrogen-bond acceptors (Lipinski definition) is 7. The first-order valence-electron chi connectivity index (χ1n) is 12.7. The molecule has 11 nitrogen and oxygen atoms in total. The van der Waals surface area contributed by atoms with Crippen LogP contribution in [-0.4, -0.2) is 71.9 Å². The second-order valence-corrected chi connectivity index (χ2v) is 10.2. The molecule has 4 amide bonds. The zero-order valence-corrected chi connectivity index (χ0v) is 22.3. The van der Waals surface area contributed by atoms with Gasteiger partial charge in [-0.15, -0.1) is 0 Å². The van der Waals surface area contributed by atoms with Gasteiger partial charge in [0.15, 0.2) is 0 Å². The molecule has 2 aliphatic rings. The first-order valence-corrected chi connectivity index (χ1v) is 13.0. The summed E-state index contributed by atoms with van der Waals surface area (Å²) in [5.41, 5.74) is 0.692. The summed E-state index contributed by atoms with van der Waals surface area (Å²) in [6.07, 6.45) is 3.55. The number of hydrogen-bond donors (Lipinski definition) is 2. The summed E-state index contributed by atoms with van der Waals surface area (Å²) < 4.78 is 11.0. The lowest BCUT2D eigenvalue weighted by molar-refractivity contribution is -0.121. The molecular formula is C27H28ClN5O6. The smallest absolute Gasteiger partial charge is 0.410 e. The monoisotopic (exact) mass is 553 g/mol. The number of anilines is 2. The summed E-state index contributed by atoms with van der Waals surface area (Å²) in [7, 11) is 3.24. The summed E-state index contributed by atoms with van der Waals surface area (Å²) >= 11 is 5.90. The van der Waals surface area contributed by atoms with E-state index in [4.69, 9.17) is 20.8 Å². The van der Waals surface area contributed by atoms with Crippen molar-refractivity contribution in [1.29, 1.82) is 0 Å². The lowest BCUT2D eigenvalue weighted by Crippen LogP contribution is -2.40. The molecule has 0 atom stereocenters. The maximum absolute atomic E-state index is 13.5. The van der Waals surface area contributed by atoms with E-state index >= 15 is 0 Å². The SMILES string of the molecule is CN(C)C(=O)c1cccc2oc(C(=O)Nc3ccc(Cl)cn3)c(NC(=O)[C@H]3CC[C@H](N4CCOC4=O)CC3)c12. The molecule has 1 aliphatic carbocycles. The number of furan rings is 1. The van der Waals surface area contributed by atoms with Gasteiger partial charge in [0.2, 0.25) is 11.7 Å². The largest absolute Gasteiger partial charge is 0.449 e. The minimum absolute atomic E-state index is 0.0383. The van der Waals surface area contributed by atoms with Crippen LogP contribution in [0.2, 0.25) is 5.02 Å². The Labute approximate surface area is 229 Å². The van der Waals surface area contributed by atoms with Crippen LogP contribution in [-0.2, 0) is 9.53 Å². The normalized spacial score (nSPS) is 19.1. The fraction of sp³-hybridized carbons (Fsp3) is 0.370. The van der Waals surface area contributed by atoms with Crippen molar-refractivity contribution in [2.75, 3.05) is 37.9 Å². The molecule has 12 heteroatoms. The highest BCUT2D eigenvalue weighted by atomic mass is 35.5. The zero-order valence-electron chi connectivity index (χ0n) is 21.5. The summed E-state index contributed by atoms with van der Waals surface area (Å²) in [6, 6.07) is 8.07. The number of carbonyl (C=O) groups is 4. The average Bonchev–Trinajstić information content (AvgIpc) is 3.53. The van der Waals surface area contributed by atoms with Gasteiger partial charge >= 0.3 is 6.09 Å². The van der Waals surface area contributed by atoms with Gasteiger partial charge in [0.25, 0.3) is 11.8 Å². The fourth-order valence-electron chi connectivity index (χ4n) is 5.08. The van der Waals surface area contributed by atoms with Crippen molar-refractivity contribution in [2.45, 2.75) is 31.7 Å². The Bertz CT molecular complexity index is 1430. The van der Waals surface area contributed by atoms with E-state index in [1.54, 1.807) is 43.3 Å². The highest BCUT2D eigenvalue weighted by Gasteiger charge is 2.35. The van der Waals surface area contributed by atoms with Gasteiger partial charge < -0.3 is 29.6 Å². The van der Waals surface area contributed by atoms with Gasteiger partial charge in [-0.1, -0.05) is 17.7 Å². The van der Waals surface area contributed by atoms with Crippen LogP contribution in [0.4, 0.5) is 16.3 Å². The van der Waals surface area contributed by atoms with Gasteiger partial charge in [0, 0.05) is 32.3 Å². The Morgan fingerprint density at radius 3 is 2.49 bits per heavy atom. The third-order valence-corrected chi connectivity index (χ3v) is 7.30. The molecule has 0 unspecified atom stereocenters. The van der Waals surface area contributed by atoms with Crippen molar-refractivity contribution in [2.24, 2.45) is 5.92 Å². The minimum Gasteiger partial charge on any atom is -0.449 e. The van der Waals surface area contributed by atoms with E-state index in [-0.39, 0.29) is 58.3 Å². The van der Waals surface area contributed by atoms with Crippen LogP contribution >= 0.6 is 11.6 Å². The molecule has 1 saturated carbocycles. The van der Waals surface area contributed by atoms with Crippen molar-refractivity contribution >= 4 is 57.9 Å². The van der Waals surface area contributed by atoms with E-state index in [9.17, 15) is 19.2 Å². The predicted molar refractivity (Wildman–Crippen MR) is 144 cm³/mol. The van der Waals surface area contributed by atoms with Crippen LogP contribution in [0.15, 0.2) is 40.9 Å². The summed E-state index contributed by atoms with van der Waals surface area (Å²) in [5, 5.41) is 6.30. The molecule has 3 aromatic rings. The Hall–Kier alpha value is -4.12. The fourth-order valence-corrected chi connectivity index (χ4v) is 5.19. The van der Waals surface area contributed by atoms with Crippen molar-refractivity contribution in [3.63, 3.8) is 0 Å². The molecule has 2 N–H and O–H groups in total. The molecular weight excluding hydrogens is 526 g/mol. The molecule has 0 bridgehead atoms. The number of cyclic esters (lactones) is 1. The van der Waals surface area contributed by atoms with E-state index in [1.807, 2.05) is 0 Å². The van der Waals surface area contributed by atoms with Gasteiger partial charge in [0.05, 0.1) is 22.5 Å². The van der Waals surface area contributed by atoms with Gasteiger partial charge in [0.1, 0.15) is 23.7 Å². The number of nitrogens with one attached hydrogen (secondary N) is 2. The van der Waals surface area contributed by atoms with Crippen LogP contribution in [0.5, 0.6) is 0 Å². The van der Waals surface area contributed by atoms with Gasteiger partial charge in [-0.25, -0.2) is 9.78 Å². The zero-order chi connectivity index (χ0) is 27.7. The number of amides is 4. The Morgan fingerprint density at radius 2 is 1.85 bits per heavy atom. The molecule has 0 spiro atoms. The highest BCUT2D eigenvalue weighted by molar-refractivity contribution is 6.30. The quantitative estimate of drug-likeness (QED) is 0.462.